The third kappa shape index (κ3) is 3.08. The third-order valence-corrected chi connectivity index (χ3v) is 7.47. The summed E-state index contributed by atoms with van der Waals surface area (Å²) in [5, 5.41) is 6.51. The lowest BCUT2D eigenvalue weighted by Crippen LogP contribution is -2.53. The summed E-state index contributed by atoms with van der Waals surface area (Å²) in [5.41, 5.74) is 6.74. The van der Waals surface area contributed by atoms with Crippen LogP contribution in [0.1, 0.15) is 23.1 Å². The van der Waals surface area contributed by atoms with Gasteiger partial charge < -0.3 is 11.1 Å². The van der Waals surface area contributed by atoms with Gasteiger partial charge in [0.2, 0.25) is 23.6 Å². The van der Waals surface area contributed by atoms with Crippen molar-refractivity contribution in [1.82, 2.24) is 10.2 Å². The van der Waals surface area contributed by atoms with Gasteiger partial charge in [-0.3, -0.25) is 29.4 Å². The number of hydrogen-bond acceptors (Lipinski definition) is 5. The van der Waals surface area contributed by atoms with Gasteiger partial charge in [0.25, 0.3) is 0 Å². The van der Waals surface area contributed by atoms with E-state index in [9.17, 15) is 19.2 Å². The Bertz CT molecular complexity index is 1200. The van der Waals surface area contributed by atoms with Crippen LogP contribution >= 0.6 is 11.6 Å². The molecule has 2 aromatic carbocycles. The van der Waals surface area contributed by atoms with Crippen LogP contribution in [0.25, 0.3) is 0 Å². The molecule has 0 aromatic heterocycles. The van der Waals surface area contributed by atoms with E-state index in [4.69, 9.17) is 17.3 Å². The Kier molecular flexibility index (Phi) is 5.02. The molecule has 4 amide bonds. The number of likely N-dealkylation sites (tertiary alicyclic amines) is 1. The molecular formula is C24H23ClN4O4. The second kappa shape index (κ2) is 7.67. The Morgan fingerprint density at radius 1 is 1.12 bits per heavy atom. The molecule has 5 rings (SSSR count). The average molecular weight is 467 g/mol. The fourth-order valence-electron chi connectivity index (χ4n) is 5.55. The third-order valence-electron chi connectivity index (χ3n) is 7.06. The van der Waals surface area contributed by atoms with E-state index in [-0.39, 0.29) is 18.9 Å². The Morgan fingerprint density at radius 3 is 2.55 bits per heavy atom. The number of nitrogens with one attached hydrogen (secondary N) is 2. The summed E-state index contributed by atoms with van der Waals surface area (Å²) in [4.78, 5) is 53.6. The molecule has 0 saturated carbocycles. The van der Waals surface area contributed by atoms with E-state index < -0.39 is 41.1 Å². The Hall–Kier alpha value is -3.23. The SMILES string of the molecule is Cc1c(Cl)ccc2c1NC(=O)[C@]21N[C@@H](CC(N)=O)[C@H]2C(=O)N(CCc3ccccc3)C(=O)[C@@H]21. The molecule has 4 atom stereocenters. The number of fused-ring (bicyclic) bond motifs is 4. The van der Waals surface area contributed by atoms with Crippen LogP contribution in [0.15, 0.2) is 42.5 Å². The van der Waals surface area contributed by atoms with Crippen LogP contribution in [0, 0.1) is 18.8 Å². The second-order valence-corrected chi connectivity index (χ2v) is 9.25. The van der Waals surface area contributed by atoms with Crippen LogP contribution in [-0.4, -0.2) is 41.1 Å². The number of hydrogen-bond donors (Lipinski definition) is 3. The van der Waals surface area contributed by atoms with Crippen molar-refractivity contribution in [1.29, 1.82) is 0 Å². The van der Waals surface area contributed by atoms with E-state index >= 15 is 0 Å². The molecule has 0 unspecified atom stereocenters. The molecule has 8 nitrogen and oxygen atoms in total. The molecule has 2 fully saturated rings. The van der Waals surface area contributed by atoms with Gasteiger partial charge in [-0.2, -0.15) is 0 Å². The number of anilines is 1. The Morgan fingerprint density at radius 2 is 1.85 bits per heavy atom. The fraction of sp³-hybridized carbons (Fsp3) is 0.333. The second-order valence-electron chi connectivity index (χ2n) is 8.85. The Balaban J connectivity index is 1.56. The van der Waals surface area contributed by atoms with Gasteiger partial charge in [0.15, 0.2) is 0 Å². The van der Waals surface area contributed by atoms with Crippen LogP contribution in [-0.2, 0) is 31.1 Å². The first-order chi connectivity index (χ1) is 15.8. The first-order valence-corrected chi connectivity index (χ1v) is 11.2. The molecule has 9 heteroatoms. The summed E-state index contributed by atoms with van der Waals surface area (Å²) in [7, 11) is 0. The van der Waals surface area contributed by atoms with E-state index in [0.717, 1.165) is 5.56 Å². The predicted molar refractivity (Wildman–Crippen MR) is 121 cm³/mol. The molecule has 0 bridgehead atoms. The lowest BCUT2D eigenvalue weighted by atomic mass is 9.76. The first-order valence-electron chi connectivity index (χ1n) is 10.8. The molecule has 2 saturated heterocycles. The molecule has 3 aliphatic heterocycles. The minimum absolute atomic E-state index is 0.163. The van der Waals surface area contributed by atoms with E-state index in [1.807, 2.05) is 30.3 Å². The number of nitrogens with zero attached hydrogens (tertiary/aromatic N) is 1. The molecular weight excluding hydrogens is 444 g/mol. The van der Waals surface area contributed by atoms with Crippen LogP contribution in [0.3, 0.4) is 0 Å². The van der Waals surface area contributed by atoms with Crippen LogP contribution < -0.4 is 16.4 Å². The van der Waals surface area contributed by atoms with E-state index in [1.165, 1.54) is 4.90 Å². The number of primary amides is 1. The summed E-state index contributed by atoms with van der Waals surface area (Å²) in [6.45, 7) is 1.98. The minimum atomic E-state index is -1.47. The molecule has 0 aliphatic carbocycles. The van der Waals surface area contributed by atoms with Crippen molar-refractivity contribution < 1.29 is 19.2 Å². The number of carbonyl (C=O) groups is 4. The minimum Gasteiger partial charge on any atom is -0.370 e. The lowest BCUT2D eigenvalue weighted by Gasteiger charge is -2.29. The van der Waals surface area contributed by atoms with Gasteiger partial charge in [0.05, 0.1) is 17.5 Å². The number of carbonyl (C=O) groups excluding carboxylic acids is 4. The van der Waals surface area contributed by atoms with Gasteiger partial charge in [0.1, 0.15) is 5.54 Å². The van der Waals surface area contributed by atoms with Crippen LogP contribution in [0.4, 0.5) is 5.69 Å². The molecule has 33 heavy (non-hydrogen) atoms. The molecule has 3 aliphatic rings. The molecule has 4 N–H and O–H groups in total. The van der Waals surface area contributed by atoms with Crippen molar-refractivity contribution in [2.24, 2.45) is 17.6 Å². The van der Waals surface area contributed by atoms with Gasteiger partial charge in [-0.05, 0) is 30.5 Å². The maximum absolute atomic E-state index is 13.7. The zero-order valence-electron chi connectivity index (χ0n) is 17.9. The maximum Gasteiger partial charge on any atom is 0.250 e. The standard InChI is InChI=1S/C24H23ClN4O4/c1-12-15(25)8-7-14-20(12)27-23(33)24(14)19-18(16(28-24)11-17(26)30)21(31)29(22(19)32)10-9-13-5-3-2-4-6-13/h2-8,16,18-19,28H,9-11H2,1H3,(H2,26,30)(H,27,33)/t16-,18+,19+,24-/m0/s1. The first kappa shape index (κ1) is 21.6. The van der Waals surface area contributed by atoms with E-state index in [1.54, 1.807) is 19.1 Å². The normalized spacial score (nSPS) is 27.8. The van der Waals surface area contributed by atoms with Gasteiger partial charge in [0, 0.05) is 29.6 Å². The number of amides is 4. The van der Waals surface area contributed by atoms with Gasteiger partial charge >= 0.3 is 0 Å². The molecule has 0 radical (unpaired) electrons. The molecule has 170 valence electrons. The monoisotopic (exact) mass is 466 g/mol. The number of nitrogens with two attached hydrogens (primary N) is 1. The summed E-state index contributed by atoms with van der Waals surface area (Å²) >= 11 is 6.26. The van der Waals surface area contributed by atoms with Gasteiger partial charge in [-0.1, -0.05) is 48.0 Å². The largest absolute Gasteiger partial charge is 0.370 e. The van der Waals surface area contributed by atoms with Crippen molar-refractivity contribution in [2.45, 2.75) is 31.3 Å². The highest BCUT2D eigenvalue weighted by atomic mass is 35.5. The predicted octanol–water partition coefficient (Wildman–Crippen LogP) is 1.49. The summed E-state index contributed by atoms with van der Waals surface area (Å²) in [6.07, 6.45) is 0.333. The highest BCUT2D eigenvalue weighted by Crippen LogP contribution is 2.54. The van der Waals surface area contributed by atoms with Crippen molar-refractivity contribution in [3.05, 3.63) is 64.2 Å². The topological polar surface area (TPSA) is 122 Å². The summed E-state index contributed by atoms with van der Waals surface area (Å²) in [5.74, 6) is -3.70. The summed E-state index contributed by atoms with van der Waals surface area (Å²) < 4.78 is 0. The van der Waals surface area contributed by atoms with Crippen molar-refractivity contribution in [3.63, 3.8) is 0 Å². The zero-order chi connectivity index (χ0) is 23.5. The number of imide groups is 1. The molecule has 3 heterocycles. The smallest absolute Gasteiger partial charge is 0.250 e. The quantitative estimate of drug-likeness (QED) is 0.576. The van der Waals surface area contributed by atoms with Gasteiger partial charge in [-0.25, -0.2) is 0 Å². The molecule has 2 aromatic rings. The van der Waals surface area contributed by atoms with Crippen LogP contribution in [0.2, 0.25) is 5.02 Å². The molecule has 1 spiro atoms. The van der Waals surface area contributed by atoms with E-state index in [0.29, 0.717) is 28.3 Å². The highest BCUT2D eigenvalue weighted by Gasteiger charge is 2.70. The van der Waals surface area contributed by atoms with Crippen LogP contribution in [0.5, 0.6) is 0 Å². The lowest BCUT2D eigenvalue weighted by molar-refractivity contribution is -0.142. The maximum atomic E-state index is 13.7. The van der Waals surface area contributed by atoms with E-state index in [2.05, 4.69) is 10.6 Å². The summed E-state index contributed by atoms with van der Waals surface area (Å²) in [6, 6.07) is 12.2. The average Bonchev–Trinajstić information content (AvgIpc) is 3.35. The van der Waals surface area contributed by atoms with Crippen molar-refractivity contribution in [3.8, 4) is 0 Å². The fourth-order valence-corrected chi connectivity index (χ4v) is 5.70. The highest BCUT2D eigenvalue weighted by molar-refractivity contribution is 6.32. The number of benzene rings is 2. The van der Waals surface area contributed by atoms with Crippen molar-refractivity contribution in [2.75, 3.05) is 11.9 Å². The number of rotatable bonds is 5. The van der Waals surface area contributed by atoms with Crippen molar-refractivity contribution >= 4 is 40.9 Å². The Labute approximate surface area is 195 Å². The zero-order valence-corrected chi connectivity index (χ0v) is 18.7. The van der Waals surface area contributed by atoms with Gasteiger partial charge in [-0.15, -0.1) is 0 Å². The number of halogens is 1.